The van der Waals surface area contributed by atoms with Gasteiger partial charge in [0.05, 0.1) is 0 Å². The Morgan fingerprint density at radius 3 is 2.75 bits per heavy atom. The quantitative estimate of drug-likeness (QED) is 0.571. The molecule has 4 rings (SSSR count). The lowest BCUT2D eigenvalue weighted by atomic mass is 9.82. The number of hydrogen-bond donors (Lipinski definition) is 2. The number of aromatic nitrogens is 4. The molecule has 170 valence electrons. The molecule has 32 heavy (non-hydrogen) atoms. The molecule has 0 aliphatic heterocycles. The third kappa shape index (κ3) is 4.69. The van der Waals surface area contributed by atoms with Crippen molar-refractivity contribution in [2.75, 3.05) is 4.72 Å². The first-order valence-corrected chi connectivity index (χ1v) is 11.3. The van der Waals surface area contributed by atoms with Crippen molar-refractivity contribution < 1.29 is 26.3 Å². The normalized spacial score (nSPS) is 20.6. The van der Waals surface area contributed by atoms with Gasteiger partial charge in [-0.3, -0.25) is 9.82 Å². The van der Waals surface area contributed by atoms with Crippen molar-refractivity contribution in [1.82, 2.24) is 20.2 Å². The van der Waals surface area contributed by atoms with E-state index in [4.69, 9.17) is 4.74 Å². The van der Waals surface area contributed by atoms with Gasteiger partial charge in [0.2, 0.25) is 0 Å². The first kappa shape index (κ1) is 22.1. The van der Waals surface area contributed by atoms with E-state index in [0.717, 1.165) is 18.5 Å². The molecule has 3 aromatic rings. The molecule has 1 aliphatic carbocycles. The molecule has 2 atom stereocenters. The van der Waals surface area contributed by atoms with Gasteiger partial charge in [0, 0.05) is 42.9 Å². The lowest BCUT2D eigenvalue weighted by Gasteiger charge is -2.35. The molecule has 1 saturated carbocycles. The number of aromatic amines is 1. The molecule has 2 N–H and O–H groups in total. The van der Waals surface area contributed by atoms with Gasteiger partial charge in [-0.2, -0.15) is 5.10 Å². The van der Waals surface area contributed by atoms with E-state index in [1.54, 1.807) is 6.07 Å². The lowest BCUT2D eigenvalue weighted by Crippen LogP contribution is -2.38. The lowest BCUT2D eigenvalue weighted by molar-refractivity contribution is -0.0778. The molecular weight excluding hydrogens is 447 g/mol. The number of alkyl halides is 2. The van der Waals surface area contributed by atoms with Gasteiger partial charge in [0.15, 0.2) is 0 Å². The van der Waals surface area contributed by atoms with Crippen molar-refractivity contribution in [1.29, 1.82) is 0 Å². The highest BCUT2D eigenvalue weighted by atomic mass is 32.2. The highest BCUT2D eigenvalue weighted by molar-refractivity contribution is 7.92. The first-order chi connectivity index (χ1) is 15.1. The Balaban J connectivity index is 1.61. The number of rotatable bonds is 6. The maximum atomic E-state index is 14.8. The largest absolute Gasteiger partial charge is 0.489 e. The van der Waals surface area contributed by atoms with Crippen molar-refractivity contribution in [3.05, 3.63) is 60.1 Å². The second-order valence-corrected chi connectivity index (χ2v) is 9.27. The second-order valence-electron chi connectivity index (χ2n) is 7.62. The minimum Gasteiger partial charge on any atom is -0.489 e. The van der Waals surface area contributed by atoms with Gasteiger partial charge in [0.1, 0.15) is 34.7 Å². The standard InChI is InChI=1S/C20H20F3N5O3S/c1-12-8-18(32(29,30)28-19-4-6-24-11-25-19)14(21)9-16(12)31-17-10-20(22,23)5-2-13(17)15-3-7-26-27-15/h3-4,6-9,11,13,17H,2,5,10H2,1H3,(H,26,27)(H,24,25,28)/t13?,17-/m0/s1. The number of H-pyrrole nitrogens is 1. The van der Waals surface area contributed by atoms with E-state index in [2.05, 4.69) is 24.9 Å². The first-order valence-electron chi connectivity index (χ1n) is 9.77. The second kappa shape index (κ2) is 8.41. The molecule has 2 heterocycles. The fourth-order valence-corrected chi connectivity index (χ4v) is 4.87. The molecule has 1 fully saturated rings. The van der Waals surface area contributed by atoms with Crippen LogP contribution >= 0.6 is 0 Å². The summed E-state index contributed by atoms with van der Waals surface area (Å²) >= 11 is 0. The van der Waals surface area contributed by atoms with Crippen molar-refractivity contribution in [3.8, 4) is 5.75 Å². The molecule has 8 nitrogen and oxygen atoms in total. The predicted molar refractivity (Wildman–Crippen MR) is 109 cm³/mol. The minimum atomic E-state index is -4.29. The summed E-state index contributed by atoms with van der Waals surface area (Å²) in [6, 6.07) is 5.01. The summed E-state index contributed by atoms with van der Waals surface area (Å²) in [7, 11) is -4.29. The van der Waals surface area contributed by atoms with Gasteiger partial charge in [-0.25, -0.2) is 31.6 Å². The van der Waals surface area contributed by atoms with Crippen LogP contribution in [0.1, 0.15) is 36.4 Å². The van der Waals surface area contributed by atoms with Gasteiger partial charge in [0.25, 0.3) is 15.9 Å². The SMILES string of the molecule is Cc1cc(S(=O)(=O)Nc2ccncn2)c(F)cc1O[C@H]1CC(F)(F)CCC1c1ccn[nH]1. The summed E-state index contributed by atoms with van der Waals surface area (Å²) in [6.45, 7) is 1.52. The van der Waals surface area contributed by atoms with E-state index in [1.807, 2.05) is 0 Å². The van der Waals surface area contributed by atoms with E-state index < -0.39 is 39.2 Å². The number of benzene rings is 1. The van der Waals surface area contributed by atoms with Crippen LogP contribution < -0.4 is 9.46 Å². The fraction of sp³-hybridized carbons (Fsp3) is 0.350. The average Bonchev–Trinajstić information content (AvgIpc) is 3.25. The fourth-order valence-electron chi connectivity index (χ4n) is 3.72. The Labute approximate surface area is 182 Å². The van der Waals surface area contributed by atoms with Crippen molar-refractivity contribution in [2.45, 2.75) is 49.0 Å². The molecule has 0 saturated heterocycles. The molecule has 1 aliphatic rings. The molecule has 0 bridgehead atoms. The zero-order valence-corrected chi connectivity index (χ0v) is 17.7. The van der Waals surface area contributed by atoms with Crippen LogP contribution in [-0.2, 0) is 10.0 Å². The van der Waals surface area contributed by atoms with Gasteiger partial charge in [-0.15, -0.1) is 0 Å². The zero-order chi connectivity index (χ0) is 22.9. The molecule has 1 unspecified atom stereocenters. The van der Waals surface area contributed by atoms with Crippen molar-refractivity contribution in [2.24, 2.45) is 0 Å². The summed E-state index contributed by atoms with van der Waals surface area (Å²) in [4.78, 5) is 6.83. The van der Waals surface area contributed by atoms with Crippen LogP contribution in [0.2, 0.25) is 0 Å². The van der Waals surface area contributed by atoms with Crippen LogP contribution in [0.4, 0.5) is 19.0 Å². The minimum absolute atomic E-state index is 0.00398. The van der Waals surface area contributed by atoms with Crippen LogP contribution in [-0.4, -0.2) is 40.6 Å². The van der Waals surface area contributed by atoms with Crippen LogP contribution in [0.25, 0.3) is 0 Å². The van der Waals surface area contributed by atoms with E-state index >= 15 is 0 Å². The zero-order valence-electron chi connectivity index (χ0n) is 16.9. The Kier molecular flexibility index (Phi) is 5.80. The monoisotopic (exact) mass is 467 g/mol. The Bertz CT molecular complexity index is 1190. The van der Waals surface area contributed by atoms with Gasteiger partial charge in [-0.1, -0.05) is 0 Å². The third-order valence-electron chi connectivity index (χ3n) is 5.31. The number of anilines is 1. The summed E-state index contributed by atoms with van der Waals surface area (Å²) in [6.07, 6.45) is 2.37. The van der Waals surface area contributed by atoms with Crippen molar-refractivity contribution in [3.63, 3.8) is 0 Å². The number of sulfonamides is 1. The van der Waals surface area contributed by atoms with E-state index in [0.29, 0.717) is 5.69 Å². The molecule has 2 aromatic heterocycles. The Morgan fingerprint density at radius 2 is 2.06 bits per heavy atom. The van der Waals surface area contributed by atoms with Crippen LogP contribution in [0.15, 0.2) is 47.9 Å². The van der Waals surface area contributed by atoms with E-state index in [-0.39, 0.29) is 35.9 Å². The molecular formula is C20H20F3N5O3S. The highest BCUT2D eigenvalue weighted by Gasteiger charge is 2.44. The molecule has 1 aromatic carbocycles. The smallest absolute Gasteiger partial charge is 0.265 e. The molecule has 0 spiro atoms. The van der Waals surface area contributed by atoms with E-state index in [1.165, 1.54) is 25.4 Å². The number of halogens is 3. The topological polar surface area (TPSA) is 110 Å². The number of nitrogens with zero attached hydrogens (tertiary/aromatic N) is 3. The summed E-state index contributed by atoms with van der Waals surface area (Å²) in [5, 5.41) is 6.65. The Morgan fingerprint density at radius 1 is 1.25 bits per heavy atom. The highest BCUT2D eigenvalue weighted by Crippen LogP contribution is 2.43. The summed E-state index contributed by atoms with van der Waals surface area (Å²) in [5.74, 6) is -4.41. The summed E-state index contributed by atoms with van der Waals surface area (Å²) in [5.41, 5.74) is 0.934. The van der Waals surface area contributed by atoms with Crippen LogP contribution in [0.3, 0.4) is 0 Å². The number of nitrogens with one attached hydrogen (secondary N) is 2. The van der Waals surface area contributed by atoms with Crippen LogP contribution in [0, 0.1) is 12.7 Å². The number of ether oxygens (including phenoxy) is 1. The third-order valence-corrected chi connectivity index (χ3v) is 6.68. The van der Waals surface area contributed by atoms with E-state index in [9.17, 15) is 21.6 Å². The van der Waals surface area contributed by atoms with Gasteiger partial charge >= 0.3 is 0 Å². The van der Waals surface area contributed by atoms with Gasteiger partial charge < -0.3 is 4.74 Å². The predicted octanol–water partition coefficient (Wildman–Crippen LogP) is 3.80. The van der Waals surface area contributed by atoms with Gasteiger partial charge in [-0.05, 0) is 37.1 Å². The molecule has 0 amide bonds. The van der Waals surface area contributed by atoms with Crippen LogP contribution in [0.5, 0.6) is 5.75 Å². The molecule has 12 heteroatoms. The maximum Gasteiger partial charge on any atom is 0.265 e. The maximum absolute atomic E-state index is 14.8. The van der Waals surface area contributed by atoms with Crippen molar-refractivity contribution >= 4 is 15.8 Å². The number of hydrogen-bond acceptors (Lipinski definition) is 6. The molecule has 0 radical (unpaired) electrons. The average molecular weight is 467 g/mol. The number of aryl methyl sites for hydroxylation is 1. The Hall–Kier alpha value is -3.15. The summed E-state index contributed by atoms with van der Waals surface area (Å²) < 4.78 is 76.2.